The zero-order valence-corrected chi connectivity index (χ0v) is 11.1. The summed E-state index contributed by atoms with van der Waals surface area (Å²) < 4.78 is 0. The number of pyridine rings is 1. The maximum Gasteiger partial charge on any atom is 0.0705 e. The number of benzene rings is 1. The van der Waals surface area contributed by atoms with Crippen molar-refractivity contribution < 1.29 is 0 Å². The minimum absolute atomic E-state index is 0.939. The highest BCUT2D eigenvalue weighted by atomic mass is 14.8. The number of hydrogen-bond donors (Lipinski definition) is 1. The molecular formula is C16H20N2. The highest BCUT2D eigenvalue weighted by Gasteiger charge is 1.99. The highest BCUT2D eigenvalue weighted by molar-refractivity contribution is 5.78. The van der Waals surface area contributed by atoms with E-state index in [4.69, 9.17) is 0 Å². The van der Waals surface area contributed by atoms with Crippen molar-refractivity contribution in [2.45, 2.75) is 19.8 Å². The van der Waals surface area contributed by atoms with E-state index in [-0.39, 0.29) is 0 Å². The zero-order valence-electron chi connectivity index (χ0n) is 11.1. The molecule has 2 nitrogen and oxygen atoms in total. The normalized spacial score (nSPS) is 12.0. The van der Waals surface area contributed by atoms with Gasteiger partial charge in [-0.05, 0) is 39.1 Å². The Hall–Kier alpha value is -1.67. The Morgan fingerprint density at radius 3 is 2.89 bits per heavy atom. The van der Waals surface area contributed by atoms with E-state index in [1.807, 2.05) is 19.2 Å². The van der Waals surface area contributed by atoms with Crippen LogP contribution >= 0.6 is 0 Å². The number of fused-ring (bicyclic) bond motifs is 1. The largest absolute Gasteiger partial charge is 0.319 e. The van der Waals surface area contributed by atoms with E-state index in [0.29, 0.717) is 0 Å². The maximum atomic E-state index is 4.69. The second kappa shape index (κ2) is 6.31. The average Bonchev–Trinajstić information content (AvgIpc) is 2.39. The summed E-state index contributed by atoms with van der Waals surface area (Å²) in [5.41, 5.74) is 3.61. The van der Waals surface area contributed by atoms with Crippen molar-refractivity contribution in [2.75, 3.05) is 13.6 Å². The Morgan fingerprint density at radius 1 is 1.22 bits per heavy atom. The molecule has 94 valence electrons. The molecule has 0 unspecified atom stereocenters. The maximum absolute atomic E-state index is 4.69. The van der Waals surface area contributed by atoms with Crippen LogP contribution in [0.15, 0.2) is 48.0 Å². The molecule has 18 heavy (non-hydrogen) atoms. The molecule has 0 spiro atoms. The van der Waals surface area contributed by atoms with Crippen molar-refractivity contribution in [1.82, 2.24) is 10.3 Å². The predicted molar refractivity (Wildman–Crippen MR) is 77.7 cm³/mol. The third-order valence-corrected chi connectivity index (χ3v) is 3.00. The minimum atomic E-state index is 0.939. The van der Waals surface area contributed by atoms with Gasteiger partial charge in [-0.3, -0.25) is 4.98 Å². The lowest BCUT2D eigenvalue weighted by atomic mass is 10.1. The van der Waals surface area contributed by atoms with Crippen LogP contribution in [-0.4, -0.2) is 18.6 Å². The van der Waals surface area contributed by atoms with Crippen LogP contribution in [0.5, 0.6) is 0 Å². The van der Waals surface area contributed by atoms with E-state index >= 15 is 0 Å². The van der Waals surface area contributed by atoms with Crippen molar-refractivity contribution in [2.24, 2.45) is 0 Å². The van der Waals surface area contributed by atoms with Crippen LogP contribution in [0.2, 0.25) is 0 Å². The number of nitrogens with zero attached hydrogens (tertiary/aromatic N) is 1. The molecule has 0 amide bonds. The van der Waals surface area contributed by atoms with Crippen LogP contribution in [0.25, 0.3) is 10.9 Å². The molecule has 2 aromatic rings. The van der Waals surface area contributed by atoms with Gasteiger partial charge in [0.05, 0.1) is 5.52 Å². The molecule has 0 saturated carbocycles. The van der Waals surface area contributed by atoms with Crippen molar-refractivity contribution in [1.29, 1.82) is 0 Å². The topological polar surface area (TPSA) is 24.9 Å². The van der Waals surface area contributed by atoms with E-state index in [1.165, 1.54) is 11.0 Å². The fourth-order valence-corrected chi connectivity index (χ4v) is 2.03. The molecule has 0 saturated heterocycles. The summed E-state index contributed by atoms with van der Waals surface area (Å²) in [5, 5.41) is 4.36. The molecule has 0 aliphatic heterocycles. The van der Waals surface area contributed by atoms with Crippen LogP contribution in [-0.2, 0) is 6.42 Å². The lowest BCUT2D eigenvalue weighted by Gasteiger charge is -2.04. The third kappa shape index (κ3) is 3.41. The minimum Gasteiger partial charge on any atom is -0.319 e. The summed E-state index contributed by atoms with van der Waals surface area (Å²) in [6, 6.07) is 12.5. The first-order valence-electron chi connectivity index (χ1n) is 6.44. The Balaban J connectivity index is 2.09. The number of hydrogen-bond acceptors (Lipinski definition) is 2. The van der Waals surface area contributed by atoms with Gasteiger partial charge in [0.25, 0.3) is 0 Å². The molecular weight excluding hydrogens is 220 g/mol. The molecule has 0 atom stereocenters. The fourth-order valence-electron chi connectivity index (χ4n) is 2.03. The smallest absolute Gasteiger partial charge is 0.0705 e. The summed E-state index contributed by atoms with van der Waals surface area (Å²) in [4.78, 5) is 4.69. The first-order valence-corrected chi connectivity index (χ1v) is 6.44. The summed E-state index contributed by atoms with van der Waals surface area (Å²) in [6.45, 7) is 3.20. The van der Waals surface area contributed by atoms with Gasteiger partial charge in [-0.15, -0.1) is 0 Å². The summed E-state index contributed by atoms with van der Waals surface area (Å²) in [5.74, 6) is 0. The summed E-state index contributed by atoms with van der Waals surface area (Å²) >= 11 is 0. The second-order valence-corrected chi connectivity index (χ2v) is 4.61. The molecule has 1 aromatic carbocycles. The average molecular weight is 240 g/mol. The Morgan fingerprint density at radius 2 is 2.06 bits per heavy atom. The summed E-state index contributed by atoms with van der Waals surface area (Å²) in [6.07, 6.45) is 4.30. The van der Waals surface area contributed by atoms with Gasteiger partial charge in [0.15, 0.2) is 0 Å². The van der Waals surface area contributed by atoms with Crippen LogP contribution in [0.4, 0.5) is 0 Å². The number of nitrogens with one attached hydrogen (secondary N) is 1. The summed E-state index contributed by atoms with van der Waals surface area (Å²) in [7, 11) is 1.98. The van der Waals surface area contributed by atoms with Gasteiger partial charge in [-0.25, -0.2) is 0 Å². The Labute approximate surface area is 109 Å². The van der Waals surface area contributed by atoms with Crippen LogP contribution in [0.1, 0.15) is 19.0 Å². The van der Waals surface area contributed by atoms with Crippen LogP contribution in [0.3, 0.4) is 0 Å². The molecule has 1 N–H and O–H groups in total. The molecule has 0 aliphatic rings. The quantitative estimate of drug-likeness (QED) is 0.640. The van der Waals surface area contributed by atoms with Gasteiger partial charge < -0.3 is 5.32 Å². The van der Waals surface area contributed by atoms with Gasteiger partial charge in [-0.2, -0.15) is 0 Å². The Kier molecular flexibility index (Phi) is 4.48. The molecule has 0 radical (unpaired) electrons. The SMILES string of the molecule is CNCCC=C(C)Cc1ccc2ccccc2n1. The number of rotatable bonds is 5. The van der Waals surface area contributed by atoms with Gasteiger partial charge >= 0.3 is 0 Å². The first kappa shape index (κ1) is 12.8. The van der Waals surface area contributed by atoms with Gasteiger partial charge in [0.1, 0.15) is 0 Å². The van der Waals surface area contributed by atoms with Crippen molar-refractivity contribution in [3.05, 3.63) is 53.7 Å². The van der Waals surface area contributed by atoms with Crippen molar-refractivity contribution in [3.63, 3.8) is 0 Å². The molecule has 0 fully saturated rings. The number of allylic oxidation sites excluding steroid dienone is 1. The zero-order chi connectivity index (χ0) is 12.8. The van der Waals surface area contributed by atoms with E-state index < -0.39 is 0 Å². The van der Waals surface area contributed by atoms with Gasteiger partial charge in [0.2, 0.25) is 0 Å². The van der Waals surface area contributed by atoms with E-state index in [0.717, 1.165) is 30.6 Å². The van der Waals surface area contributed by atoms with E-state index in [1.54, 1.807) is 0 Å². The molecule has 2 rings (SSSR count). The fraction of sp³-hybridized carbons (Fsp3) is 0.312. The molecule has 0 bridgehead atoms. The standard InChI is InChI=1S/C16H20N2/c1-13(6-5-11-17-2)12-15-10-9-14-7-3-4-8-16(14)18-15/h3-4,6-10,17H,5,11-12H2,1-2H3. The third-order valence-electron chi connectivity index (χ3n) is 3.00. The van der Waals surface area contributed by atoms with Crippen molar-refractivity contribution in [3.8, 4) is 0 Å². The van der Waals surface area contributed by atoms with Gasteiger partial charge in [0, 0.05) is 17.5 Å². The lowest BCUT2D eigenvalue weighted by Crippen LogP contribution is -2.06. The van der Waals surface area contributed by atoms with Gasteiger partial charge in [-0.1, -0.05) is 35.9 Å². The molecule has 1 heterocycles. The Bertz CT molecular complexity index is 544. The molecule has 2 heteroatoms. The lowest BCUT2D eigenvalue weighted by molar-refractivity contribution is 0.802. The molecule has 1 aromatic heterocycles. The van der Waals surface area contributed by atoms with Crippen LogP contribution < -0.4 is 5.32 Å². The van der Waals surface area contributed by atoms with Crippen molar-refractivity contribution >= 4 is 10.9 Å². The van der Waals surface area contributed by atoms with E-state index in [2.05, 4.69) is 47.6 Å². The highest BCUT2D eigenvalue weighted by Crippen LogP contribution is 2.14. The predicted octanol–water partition coefficient (Wildman–Crippen LogP) is 3.33. The number of para-hydroxylation sites is 1. The van der Waals surface area contributed by atoms with Crippen LogP contribution in [0, 0.1) is 0 Å². The molecule has 0 aliphatic carbocycles. The second-order valence-electron chi connectivity index (χ2n) is 4.61. The van der Waals surface area contributed by atoms with E-state index in [9.17, 15) is 0 Å². The monoisotopic (exact) mass is 240 g/mol. The number of aromatic nitrogens is 1. The first-order chi connectivity index (χ1) is 8.79.